The zero-order valence-electron chi connectivity index (χ0n) is 23.4. The number of nitriles is 1. The molecule has 7 rings (SSSR count). The first kappa shape index (κ1) is 26.3. The number of aliphatic hydroxyl groups excluding tert-OH is 1. The van der Waals surface area contributed by atoms with Crippen LogP contribution in [-0.2, 0) is 11.3 Å². The van der Waals surface area contributed by atoms with Crippen LogP contribution in [0.3, 0.4) is 0 Å². The zero-order valence-corrected chi connectivity index (χ0v) is 23.4. The molecule has 2 atom stereocenters. The highest BCUT2D eigenvalue weighted by molar-refractivity contribution is 5.92. The summed E-state index contributed by atoms with van der Waals surface area (Å²) in [6.07, 6.45) is 7.05. The van der Waals surface area contributed by atoms with Crippen molar-refractivity contribution >= 4 is 17.0 Å². The van der Waals surface area contributed by atoms with Crippen LogP contribution in [0.25, 0.3) is 33.7 Å². The third-order valence-corrected chi connectivity index (χ3v) is 8.14. The quantitative estimate of drug-likeness (QED) is 0.323. The molecule has 212 valence electrons. The molecular weight excluding hydrogens is 530 g/mol. The summed E-state index contributed by atoms with van der Waals surface area (Å²) in [5.74, 6) is 0.857. The maximum atomic E-state index is 9.94. The fourth-order valence-electron chi connectivity index (χ4n) is 5.87. The van der Waals surface area contributed by atoms with Crippen molar-refractivity contribution in [2.75, 3.05) is 24.6 Å². The van der Waals surface area contributed by atoms with E-state index in [1.165, 1.54) is 0 Å². The van der Waals surface area contributed by atoms with Gasteiger partial charge in [0.2, 0.25) is 0 Å². The summed E-state index contributed by atoms with van der Waals surface area (Å²) in [6.45, 7) is 4.50. The van der Waals surface area contributed by atoms with E-state index in [-0.39, 0.29) is 12.3 Å². The predicted octanol–water partition coefficient (Wildman–Crippen LogP) is 4.25. The smallest absolute Gasteiger partial charge is 0.163 e. The largest absolute Gasteiger partial charge is 0.391 e. The van der Waals surface area contributed by atoms with Gasteiger partial charge in [0.1, 0.15) is 23.3 Å². The van der Waals surface area contributed by atoms with Crippen LogP contribution in [0.1, 0.15) is 48.7 Å². The minimum Gasteiger partial charge on any atom is -0.391 e. The van der Waals surface area contributed by atoms with Gasteiger partial charge in [-0.2, -0.15) is 5.26 Å². The fraction of sp³-hybridized carbons (Fsp3) is 0.355. The van der Waals surface area contributed by atoms with Crippen LogP contribution >= 0.6 is 0 Å². The van der Waals surface area contributed by atoms with E-state index in [1.807, 2.05) is 60.2 Å². The lowest BCUT2D eigenvalue weighted by Crippen LogP contribution is -2.22. The van der Waals surface area contributed by atoms with Gasteiger partial charge in [-0.3, -0.25) is 4.57 Å². The van der Waals surface area contributed by atoms with E-state index in [1.54, 1.807) is 11.0 Å². The molecular formula is C31H31N9O2. The Morgan fingerprint density at radius 2 is 1.98 bits per heavy atom. The molecule has 4 aromatic heterocycles. The number of anilines is 1. The molecule has 11 nitrogen and oxygen atoms in total. The molecule has 2 fully saturated rings. The molecule has 1 unspecified atom stereocenters. The van der Waals surface area contributed by atoms with E-state index in [4.69, 9.17) is 19.7 Å². The Balaban J connectivity index is 1.27. The molecule has 11 heteroatoms. The predicted molar refractivity (Wildman–Crippen MR) is 156 cm³/mol. The van der Waals surface area contributed by atoms with E-state index in [2.05, 4.69) is 21.3 Å². The highest BCUT2D eigenvalue weighted by Gasteiger charge is 2.24. The zero-order chi connectivity index (χ0) is 28.6. The number of aliphatic hydroxyl groups is 1. The summed E-state index contributed by atoms with van der Waals surface area (Å²) in [6, 6.07) is 15.9. The van der Waals surface area contributed by atoms with Crippen molar-refractivity contribution in [3.05, 3.63) is 71.8 Å². The van der Waals surface area contributed by atoms with Gasteiger partial charge in [0.15, 0.2) is 5.65 Å². The highest BCUT2D eigenvalue weighted by atomic mass is 16.5. The molecule has 0 spiro atoms. The first-order valence-electron chi connectivity index (χ1n) is 14.4. The van der Waals surface area contributed by atoms with Crippen LogP contribution in [0.5, 0.6) is 0 Å². The minimum atomic E-state index is -0.310. The number of hydrogen-bond acceptors (Lipinski definition) is 9. The summed E-state index contributed by atoms with van der Waals surface area (Å²) in [5.41, 5.74) is 6.89. The van der Waals surface area contributed by atoms with Gasteiger partial charge >= 0.3 is 0 Å². The Labute approximate surface area is 243 Å². The number of β-amino-alcohol motifs (C(OH)–C–C–N with tert-alkyl or cyclic N) is 1. The second-order valence-corrected chi connectivity index (χ2v) is 11.0. The lowest BCUT2D eigenvalue weighted by molar-refractivity contribution is -0.0298. The van der Waals surface area contributed by atoms with Gasteiger partial charge < -0.3 is 14.7 Å². The molecule has 2 aliphatic heterocycles. The van der Waals surface area contributed by atoms with E-state index in [0.29, 0.717) is 36.6 Å². The Morgan fingerprint density at radius 1 is 1.07 bits per heavy atom. The van der Waals surface area contributed by atoms with Crippen LogP contribution in [0.15, 0.2) is 55.0 Å². The number of benzene rings is 1. The number of pyridine rings is 2. The van der Waals surface area contributed by atoms with Crippen molar-refractivity contribution < 1.29 is 9.84 Å². The van der Waals surface area contributed by atoms with Crippen LogP contribution < -0.4 is 4.90 Å². The summed E-state index contributed by atoms with van der Waals surface area (Å²) in [5, 5.41) is 28.5. The molecule has 42 heavy (non-hydrogen) atoms. The Kier molecular flexibility index (Phi) is 6.85. The standard InChI is InChI=1S/C31H31N9O2/c1-20-21(15-32)6-4-8-24(20)26-14-25(30-31(35-26)40(19-33-30)29-10-2-3-13-42-29)27-18-39(37-36-27)16-22-7-5-9-28(34-22)38-12-11-23(41)17-38/h4-9,14,18-19,23,29,41H,2-3,10-13,16-17H2,1H3/t23-,29?/m1/s1. The summed E-state index contributed by atoms with van der Waals surface area (Å²) >= 11 is 0. The summed E-state index contributed by atoms with van der Waals surface area (Å²) < 4.78 is 9.88. The van der Waals surface area contributed by atoms with Crippen LogP contribution in [0.4, 0.5) is 5.82 Å². The van der Waals surface area contributed by atoms with E-state index in [9.17, 15) is 10.4 Å². The molecule has 0 amide bonds. The maximum absolute atomic E-state index is 9.94. The highest BCUT2D eigenvalue weighted by Crippen LogP contribution is 2.34. The molecule has 1 N–H and O–H groups in total. The van der Waals surface area contributed by atoms with Crippen molar-refractivity contribution in [1.29, 1.82) is 5.26 Å². The lowest BCUT2D eigenvalue weighted by Gasteiger charge is -2.24. The van der Waals surface area contributed by atoms with Crippen molar-refractivity contribution in [1.82, 2.24) is 34.5 Å². The number of imidazole rings is 1. The topological polar surface area (TPSA) is 131 Å². The molecule has 1 aromatic carbocycles. The van der Waals surface area contributed by atoms with Gasteiger partial charge in [-0.05, 0) is 62.4 Å². The molecule has 0 saturated carbocycles. The number of rotatable bonds is 6. The number of hydrogen-bond donors (Lipinski definition) is 1. The number of nitrogens with zero attached hydrogens (tertiary/aromatic N) is 9. The fourth-order valence-corrected chi connectivity index (χ4v) is 5.87. The third kappa shape index (κ3) is 4.89. The Morgan fingerprint density at radius 3 is 2.79 bits per heavy atom. The molecule has 5 aromatic rings. The maximum Gasteiger partial charge on any atom is 0.163 e. The Hall–Kier alpha value is -4.66. The van der Waals surface area contributed by atoms with Gasteiger partial charge in [-0.1, -0.05) is 23.4 Å². The number of fused-ring (bicyclic) bond motifs is 1. The first-order valence-corrected chi connectivity index (χ1v) is 14.4. The van der Waals surface area contributed by atoms with E-state index < -0.39 is 0 Å². The minimum absolute atomic E-state index is 0.128. The second kappa shape index (κ2) is 11.0. The van der Waals surface area contributed by atoms with Crippen molar-refractivity contribution in [3.8, 4) is 28.6 Å². The van der Waals surface area contributed by atoms with Gasteiger partial charge in [0.05, 0.1) is 48.2 Å². The van der Waals surface area contributed by atoms with Crippen LogP contribution in [0.2, 0.25) is 0 Å². The molecule has 2 aliphatic rings. The van der Waals surface area contributed by atoms with Crippen LogP contribution in [-0.4, -0.2) is 65.4 Å². The first-order chi connectivity index (χ1) is 20.6. The van der Waals surface area contributed by atoms with E-state index in [0.717, 1.165) is 71.6 Å². The Bertz CT molecular complexity index is 1800. The number of aromatic nitrogens is 7. The molecule has 0 bridgehead atoms. The molecule has 0 aliphatic carbocycles. The van der Waals surface area contributed by atoms with Crippen molar-refractivity contribution in [2.24, 2.45) is 0 Å². The second-order valence-electron chi connectivity index (χ2n) is 11.0. The lowest BCUT2D eigenvalue weighted by atomic mass is 9.99. The van der Waals surface area contributed by atoms with Gasteiger partial charge in [0.25, 0.3) is 0 Å². The van der Waals surface area contributed by atoms with Gasteiger partial charge in [-0.15, -0.1) is 5.10 Å². The number of ether oxygens (including phenoxy) is 1. The van der Waals surface area contributed by atoms with E-state index >= 15 is 0 Å². The van der Waals surface area contributed by atoms with Crippen LogP contribution in [0, 0.1) is 18.3 Å². The van der Waals surface area contributed by atoms with Gasteiger partial charge in [0, 0.05) is 30.8 Å². The molecule has 2 saturated heterocycles. The summed E-state index contributed by atoms with van der Waals surface area (Å²) in [4.78, 5) is 16.7. The summed E-state index contributed by atoms with van der Waals surface area (Å²) in [7, 11) is 0. The van der Waals surface area contributed by atoms with Crippen molar-refractivity contribution in [2.45, 2.75) is 51.5 Å². The SMILES string of the molecule is Cc1c(C#N)cccc1-c1cc(-c2cn(Cc3cccc(N4CC[C@@H](O)C4)n3)nn2)c2ncn(C3CCCCO3)c2n1. The normalized spacial score (nSPS) is 18.9. The monoisotopic (exact) mass is 561 g/mol. The molecule has 6 heterocycles. The average Bonchev–Trinajstić information content (AvgIpc) is 3.77. The van der Waals surface area contributed by atoms with Crippen molar-refractivity contribution in [3.63, 3.8) is 0 Å². The molecule has 0 radical (unpaired) electrons. The third-order valence-electron chi connectivity index (χ3n) is 8.14. The average molecular weight is 562 g/mol. The van der Waals surface area contributed by atoms with Gasteiger partial charge in [-0.25, -0.2) is 19.6 Å².